The summed E-state index contributed by atoms with van der Waals surface area (Å²) >= 11 is 0. The molecule has 0 aliphatic carbocycles. The standard InChI is InChI=1S/C13H18N2O5/c1-3-9-5-6-12(11(7-9)15(18)19)20-8-10(13(16)17)14-4-2/h5-7,10,14H,3-4,8H2,1-2H3,(H,16,17). The number of hydrogen-bond acceptors (Lipinski definition) is 5. The van der Waals surface area contributed by atoms with Gasteiger partial charge >= 0.3 is 11.7 Å². The van der Waals surface area contributed by atoms with Crippen LogP contribution in [-0.4, -0.2) is 35.2 Å². The number of nitro groups is 1. The number of nitrogens with zero attached hydrogens (tertiary/aromatic N) is 1. The molecule has 1 rings (SSSR count). The highest BCUT2D eigenvalue weighted by Gasteiger charge is 2.20. The summed E-state index contributed by atoms with van der Waals surface area (Å²) in [5.74, 6) is -0.976. The van der Waals surface area contributed by atoms with Crippen LogP contribution < -0.4 is 10.1 Å². The van der Waals surface area contributed by atoms with Gasteiger partial charge in [-0.25, -0.2) is 0 Å². The molecular formula is C13H18N2O5. The van der Waals surface area contributed by atoms with Crippen LogP contribution in [0, 0.1) is 10.1 Å². The predicted octanol–water partition coefficient (Wildman–Crippen LogP) is 1.60. The molecule has 2 N–H and O–H groups in total. The molecule has 7 heteroatoms. The largest absolute Gasteiger partial charge is 0.485 e. The first-order valence-corrected chi connectivity index (χ1v) is 6.35. The van der Waals surface area contributed by atoms with Crippen LogP contribution in [-0.2, 0) is 11.2 Å². The highest BCUT2D eigenvalue weighted by molar-refractivity contribution is 5.73. The van der Waals surface area contributed by atoms with Gasteiger partial charge in [0.25, 0.3) is 0 Å². The van der Waals surface area contributed by atoms with E-state index in [4.69, 9.17) is 9.84 Å². The van der Waals surface area contributed by atoms with E-state index in [1.54, 1.807) is 13.0 Å². The quantitative estimate of drug-likeness (QED) is 0.554. The maximum Gasteiger partial charge on any atom is 0.324 e. The van der Waals surface area contributed by atoms with Crippen molar-refractivity contribution >= 4 is 11.7 Å². The normalized spacial score (nSPS) is 11.9. The van der Waals surface area contributed by atoms with Gasteiger partial charge in [-0.15, -0.1) is 0 Å². The Bertz CT molecular complexity index is 490. The van der Waals surface area contributed by atoms with Crippen molar-refractivity contribution in [2.24, 2.45) is 0 Å². The van der Waals surface area contributed by atoms with E-state index < -0.39 is 16.9 Å². The Kier molecular flexibility index (Phi) is 5.92. The minimum absolute atomic E-state index is 0.0800. The summed E-state index contributed by atoms with van der Waals surface area (Å²) in [6.07, 6.45) is 0.677. The molecule has 0 saturated carbocycles. The van der Waals surface area contributed by atoms with Crippen molar-refractivity contribution in [2.75, 3.05) is 13.2 Å². The van der Waals surface area contributed by atoms with Gasteiger partial charge in [0, 0.05) is 6.07 Å². The second-order valence-corrected chi connectivity index (χ2v) is 4.17. The predicted molar refractivity (Wildman–Crippen MR) is 73.1 cm³/mol. The Morgan fingerprint density at radius 3 is 2.70 bits per heavy atom. The third-order valence-electron chi connectivity index (χ3n) is 2.78. The number of likely N-dealkylation sites (N-methyl/N-ethyl adjacent to an activating group) is 1. The van der Waals surface area contributed by atoms with Crippen LogP contribution in [0.4, 0.5) is 5.69 Å². The number of aryl methyl sites for hydroxylation is 1. The molecule has 0 bridgehead atoms. The van der Waals surface area contributed by atoms with Gasteiger partial charge in [0.15, 0.2) is 5.75 Å². The summed E-state index contributed by atoms with van der Waals surface area (Å²) in [7, 11) is 0. The number of nitro benzene ring substituents is 1. The van der Waals surface area contributed by atoms with Crippen molar-refractivity contribution in [1.82, 2.24) is 5.32 Å². The van der Waals surface area contributed by atoms with Gasteiger partial charge in [0.05, 0.1) is 4.92 Å². The maximum atomic E-state index is 11.0. The summed E-state index contributed by atoms with van der Waals surface area (Å²) in [4.78, 5) is 21.4. The van der Waals surface area contributed by atoms with Crippen molar-refractivity contribution in [2.45, 2.75) is 26.3 Å². The first-order valence-electron chi connectivity index (χ1n) is 6.35. The molecule has 0 aliphatic heterocycles. The highest BCUT2D eigenvalue weighted by atomic mass is 16.6. The fourth-order valence-electron chi connectivity index (χ4n) is 1.68. The third kappa shape index (κ3) is 4.20. The van der Waals surface area contributed by atoms with Crippen molar-refractivity contribution in [1.29, 1.82) is 0 Å². The van der Waals surface area contributed by atoms with E-state index in [2.05, 4.69) is 5.32 Å². The monoisotopic (exact) mass is 282 g/mol. The molecule has 20 heavy (non-hydrogen) atoms. The molecule has 1 aromatic rings. The average molecular weight is 282 g/mol. The van der Waals surface area contributed by atoms with Crippen LogP contribution in [0.15, 0.2) is 18.2 Å². The number of carboxylic acid groups (broad SMARTS) is 1. The number of carbonyl (C=O) groups is 1. The van der Waals surface area contributed by atoms with E-state index in [1.165, 1.54) is 12.1 Å². The summed E-state index contributed by atoms with van der Waals surface area (Å²) in [5.41, 5.74) is 0.676. The van der Waals surface area contributed by atoms with Crippen LogP contribution in [0.25, 0.3) is 0 Å². The number of nitrogens with one attached hydrogen (secondary N) is 1. The van der Waals surface area contributed by atoms with Gasteiger partial charge in [-0.2, -0.15) is 0 Å². The van der Waals surface area contributed by atoms with Crippen LogP contribution in [0.5, 0.6) is 5.75 Å². The smallest absolute Gasteiger partial charge is 0.324 e. The molecule has 1 unspecified atom stereocenters. The van der Waals surface area contributed by atoms with Crippen LogP contribution >= 0.6 is 0 Å². The van der Waals surface area contributed by atoms with Crippen molar-refractivity contribution in [3.8, 4) is 5.75 Å². The maximum absolute atomic E-state index is 11.0. The average Bonchev–Trinajstić information content (AvgIpc) is 2.42. The molecule has 1 atom stereocenters. The molecule has 0 aliphatic rings. The van der Waals surface area contributed by atoms with E-state index in [9.17, 15) is 14.9 Å². The van der Waals surface area contributed by atoms with Gasteiger partial charge in [0.2, 0.25) is 0 Å². The second-order valence-electron chi connectivity index (χ2n) is 4.17. The molecule has 0 heterocycles. The highest BCUT2D eigenvalue weighted by Crippen LogP contribution is 2.28. The van der Waals surface area contributed by atoms with Crippen molar-refractivity contribution in [3.63, 3.8) is 0 Å². The second kappa shape index (κ2) is 7.44. The Balaban J connectivity index is 2.86. The number of aliphatic carboxylic acids is 1. The van der Waals surface area contributed by atoms with Crippen molar-refractivity contribution in [3.05, 3.63) is 33.9 Å². The zero-order valence-electron chi connectivity index (χ0n) is 11.5. The molecule has 0 amide bonds. The Hall–Kier alpha value is -2.15. The van der Waals surface area contributed by atoms with E-state index in [-0.39, 0.29) is 18.0 Å². The van der Waals surface area contributed by atoms with Crippen LogP contribution in [0.3, 0.4) is 0 Å². The summed E-state index contributed by atoms with van der Waals surface area (Å²) in [6.45, 7) is 3.96. The van der Waals surface area contributed by atoms with Gasteiger partial charge < -0.3 is 15.2 Å². The van der Waals surface area contributed by atoms with Gasteiger partial charge in [-0.3, -0.25) is 14.9 Å². The molecule has 110 valence electrons. The molecule has 1 aromatic carbocycles. The molecule has 0 spiro atoms. The molecule has 0 saturated heterocycles. The first kappa shape index (κ1) is 15.9. The lowest BCUT2D eigenvalue weighted by Crippen LogP contribution is -2.41. The van der Waals surface area contributed by atoms with Gasteiger partial charge in [-0.1, -0.05) is 19.9 Å². The number of carboxylic acids is 1. The number of ether oxygens (including phenoxy) is 1. The molecular weight excluding hydrogens is 264 g/mol. The van der Waals surface area contributed by atoms with Gasteiger partial charge in [0.1, 0.15) is 12.6 Å². The lowest BCUT2D eigenvalue weighted by atomic mass is 10.1. The Morgan fingerprint density at radius 2 is 2.20 bits per heavy atom. The Labute approximate surface area is 116 Å². The molecule has 7 nitrogen and oxygen atoms in total. The van der Waals surface area contributed by atoms with Crippen molar-refractivity contribution < 1.29 is 19.6 Å². The van der Waals surface area contributed by atoms with E-state index in [0.717, 1.165) is 5.56 Å². The lowest BCUT2D eigenvalue weighted by molar-refractivity contribution is -0.385. The fourth-order valence-corrected chi connectivity index (χ4v) is 1.68. The summed E-state index contributed by atoms with van der Waals surface area (Å²) < 4.78 is 5.29. The zero-order chi connectivity index (χ0) is 15.1. The van der Waals surface area contributed by atoms with Crippen LogP contribution in [0.1, 0.15) is 19.4 Å². The van der Waals surface area contributed by atoms with E-state index in [1.807, 2.05) is 6.92 Å². The molecule has 0 radical (unpaired) electrons. The van der Waals surface area contributed by atoms with Gasteiger partial charge in [-0.05, 0) is 24.6 Å². The SMILES string of the molecule is CCNC(COc1ccc(CC)cc1[N+](=O)[O-])C(=O)O. The minimum atomic E-state index is -1.06. The summed E-state index contributed by atoms with van der Waals surface area (Å²) in [6, 6.07) is 3.77. The van der Waals surface area contributed by atoms with E-state index in [0.29, 0.717) is 13.0 Å². The number of benzene rings is 1. The van der Waals surface area contributed by atoms with E-state index >= 15 is 0 Å². The zero-order valence-corrected chi connectivity index (χ0v) is 11.5. The summed E-state index contributed by atoms with van der Waals surface area (Å²) in [5, 5.41) is 22.7. The molecule has 0 aromatic heterocycles. The molecule has 0 fully saturated rings. The Morgan fingerprint density at radius 1 is 1.50 bits per heavy atom. The number of rotatable bonds is 8. The topological polar surface area (TPSA) is 102 Å². The number of hydrogen-bond donors (Lipinski definition) is 2. The van der Waals surface area contributed by atoms with Crippen LogP contribution in [0.2, 0.25) is 0 Å². The lowest BCUT2D eigenvalue weighted by Gasteiger charge is -2.14. The fraction of sp³-hybridized carbons (Fsp3) is 0.462. The first-order chi connectivity index (χ1) is 9.49. The minimum Gasteiger partial charge on any atom is -0.485 e. The third-order valence-corrected chi connectivity index (χ3v) is 2.78.